The van der Waals surface area contributed by atoms with Crippen molar-refractivity contribution < 1.29 is 19.7 Å². The van der Waals surface area contributed by atoms with Crippen LogP contribution >= 0.6 is 0 Å². The lowest BCUT2D eigenvalue weighted by Gasteiger charge is -2.22. The number of carbonyl (C=O) groups is 1. The summed E-state index contributed by atoms with van der Waals surface area (Å²) in [5.41, 5.74) is 2.77. The van der Waals surface area contributed by atoms with E-state index >= 15 is 0 Å². The van der Waals surface area contributed by atoms with Gasteiger partial charge in [0.2, 0.25) is 0 Å². The van der Waals surface area contributed by atoms with Crippen molar-refractivity contribution in [2.45, 2.75) is 31.9 Å². The maximum absolute atomic E-state index is 10.9. The molecule has 1 saturated heterocycles. The normalized spacial score (nSPS) is 18.3. The zero-order chi connectivity index (χ0) is 18.4. The lowest BCUT2D eigenvalue weighted by molar-refractivity contribution is -0.139. The van der Waals surface area contributed by atoms with Gasteiger partial charge in [-0.3, -0.25) is 9.88 Å². The minimum absolute atomic E-state index is 0.234. The van der Waals surface area contributed by atoms with Crippen LogP contribution in [0.2, 0.25) is 0 Å². The maximum Gasteiger partial charge on any atom is 0.341 e. The molecule has 0 amide bonds. The van der Waals surface area contributed by atoms with Gasteiger partial charge in [0, 0.05) is 30.4 Å². The minimum Gasteiger partial charge on any atom is -0.482 e. The second kappa shape index (κ2) is 8.78. The molecule has 26 heavy (non-hydrogen) atoms. The van der Waals surface area contributed by atoms with Gasteiger partial charge in [0.25, 0.3) is 0 Å². The second-order valence-electron chi connectivity index (χ2n) is 6.58. The van der Waals surface area contributed by atoms with Gasteiger partial charge in [-0.15, -0.1) is 0 Å². The van der Waals surface area contributed by atoms with Crippen LogP contribution in [-0.4, -0.2) is 51.9 Å². The number of carboxylic acids is 1. The van der Waals surface area contributed by atoms with E-state index in [0.29, 0.717) is 12.3 Å². The highest BCUT2D eigenvalue weighted by atomic mass is 16.5. The quantitative estimate of drug-likeness (QED) is 0.828. The molecule has 1 atom stereocenters. The van der Waals surface area contributed by atoms with Gasteiger partial charge in [-0.1, -0.05) is 6.07 Å². The van der Waals surface area contributed by atoms with E-state index in [4.69, 9.17) is 9.84 Å². The van der Waals surface area contributed by atoms with Crippen molar-refractivity contribution in [1.82, 2.24) is 9.88 Å². The van der Waals surface area contributed by atoms with Crippen LogP contribution in [0.4, 0.5) is 0 Å². The third-order valence-corrected chi connectivity index (χ3v) is 4.56. The van der Waals surface area contributed by atoms with Crippen molar-refractivity contribution in [3.05, 3.63) is 48.2 Å². The first-order chi connectivity index (χ1) is 12.6. The number of hydrogen-bond donors (Lipinski definition) is 2. The Labute approximate surface area is 153 Å². The van der Waals surface area contributed by atoms with E-state index in [1.807, 2.05) is 36.4 Å². The SMILES string of the molecule is O=C(O)COc1ccc(-c2ccccn2)cc1CN1CCC[C@@H](O)CC1. The van der Waals surface area contributed by atoms with Gasteiger partial charge in [0.1, 0.15) is 5.75 Å². The summed E-state index contributed by atoms with van der Waals surface area (Å²) in [5, 5.41) is 18.8. The number of carboxylic acid groups (broad SMARTS) is 1. The Morgan fingerprint density at radius 3 is 2.88 bits per heavy atom. The van der Waals surface area contributed by atoms with Crippen LogP contribution in [0, 0.1) is 0 Å². The van der Waals surface area contributed by atoms with E-state index in [2.05, 4.69) is 9.88 Å². The molecular formula is C20H24N2O4. The van der Waals surface area contributed by atoms with E-state index < -0.39 is 5.97 Å². The number of aliphatic carboxylic acids is 1. The number of aromatic nitrogens is 1. The molecule has 2 aromatic rings. The number of nitrogens with zero attached hydrogens (tertiary/aromatic N) is 2. The largest absolute Gasteiger partial charge is 0.482 e. The number of likely N-dealkylation sites (tertiary alicyclic amines) is 1. The molecule has 138 valence electrons. The maximum atomic E-state index is 10.9. The van der Waals surface area contributed by atoms with Crippen LogP contribution < -0.4 is 4.74 Å². The molecule has 2 N–H and O–H groups in total. The molecule has 2 heterocycles. The van der Waals surface area contributed by atoms with Gasteiger partial charge >= 0.3 is 5.97 Å². The molecule has 1 fully saturated rings. The summed E-state index contributed by atoms with van der Waals surface area (Å²) < 4.78 is 5.49. The lowest BCUT2D eigenvalue weighted by Crippen LogP contribution is -2.25. The molecule has 0 spiro atoms. The fourth-order valence-corrected chi connectivity index (χ4v) is 3.21. The second-order valence-corrected chi connectivity index (χ2v) is 6.58. The van der Waals surface area contributed by atoms with Crippen LogP contribution in [0.15, 0.2) is 42.6 Å². The summed E-state index contributed by atoms with van der Waals surface area (Å²) in [7, 11) is 0. The molecule has 0 unspecified atom stereocenters. The summed E-state index contributed by atoms with van der Waals surface area (Å²) in [5.74, 6) is -0.417. The number of benzene rings is 1. The topological polar surface area (TPSA) is 82.9 Å². The monoisotopic (exact) mass is 356 g/mol. The minimum atomic E-state index is -0.998. The highest BCUT2D eigenvalue weighted by molar-refractivity contribution is 5.69. The molecule has 1 aromatic carbocycles. The van der Waals surface area contributed by atoms with Crippen molar-refractivity contribution in [2.24, 2.45) is 0 Å². The van der Waals surface area contributed by atoms with Crippen molar-refractivity contribution in [3.63, 3.8) is 0 Å². The molecule has 1 aliphatic rings. The fourth-order valence-electron chi connectivity index (χ4n) is 3.21. The van der Waals surface area contributed by atoms with Gasteiger partial charge in [-0.25, -0.2) is 4.79 Å². The van der Waals surface area contributed by atoms with Gasteiger partial charge < -0.3 is 14.9 Å². The number of ether oxygens (including phenoxy) is 1. The molecule has 1 aliphatic heterocycles. The predicted octanol–water partition coefficient (Wildman–Crippen LogP) is 2.56. The molecule has 0 bridgehead atoms. The molecule has 1 aromatic heterocycles. The van der Waals surface area contributed by atoms with E-state index in [-0.39, 0.29) is 12.7 Å². The van der Waals surface area contributed by atoms with Crippen LogP contribution in [0.3, 0.4) is 0 Å². The molecule has 6 nitrogen and oxygen atoms in total. The first-order valence-electron chi connectivity index (χ1n) is 8.91. The summed E-state index contributed by atoms with van der Waals surface area (Å²) in [6, 6.07) is 11.5. The van der Waals surface area contributed by atoms with E-state index in [1.165, 1.54) is 0 Å². The Bertz CT molecular complexity index is 736. The van der Waals surface area contributed by atoms with Crippen molar-refractivity contribution in [3.8, 4) is 17.0 Å². The number of rotatable bonds is 6. The number of pyridine rings is 1. The van der Waals surface area contributed by atoms with Gasteiger partial charge in [0.15, 0.2) is 6.61 Å². The summed E-state index contributed by atoms with van der Waals surface area (Å²) in [6.45, 7) is 2.01. The number of hydrogen-bond acceptors (Lipinski definition) is 5. The third-order valence-electron chi connectivity index (χ3n) is 4.56. The first-order valence-corrected chi connectivity index (χ1v) is 8.91. The van der Waals surface area contributed by atoms with Gasteiger partial charge in [0.05, 0.1) is 11.8 Å². The fraction of sp³-hybridized carbons (Fsp3) is 0.400. The van der Waals surface area contributed by atoms with Gasteiger partial charge in [-0.2, -0.15) is 0 Å². The Morgan fingerprint density at radius 2 is 2.12 bits per heavy atom. The highest BCUT2D eigenvalue weighted by Gasteiger charge is 2.17. The summed E-state index contributed by atoms with van der Waals surface area (Å²) >= 11 is 0. The molecule has 0 radical (unpaired) electrons. The van der Waals surface area contributed by atoms with E-state index in [0.717, 1.165) is 49.2 Å². The van der Waals surface area contributed by atoms with E-state index in [1.54, 1.807) is 6.20 Å². The average Bonchev–Trinajstić information content (AvgIpc) is 2.85. The standard InChI is InChI=1S/C20H24N2O4/c23-17-4-3-10-22(11-8-17)13-16-12-15(18-5-1-2-9-21-18)6-7-19(16)26-14-20(24)25/h1-2,5-7,9,12,17,23H,3-4,8,10-11,13-14H2,(H,24,25)/t17-/m1/s1. The highest BCUT2D eigenvalue weighted by Crippen LogP contribution is 2.27. The Morgan fingerprint density at radius 1 is 1.23 bits per heavy atom. The number of aliphatic hydroxyl groups is 1. The molecule has 0 saturated carbocycles. The Kier molecular flexibility index (Phi) is 6.20. The van der Waals surface area contributed by atoms with E-state index in [9.17, 15) is 9.90 Å². The van der Waals surface area contributed by atoms with Crippen molar-refractivity contribution in [1.29, 1.82) is 0 Å². The third kappa shape index (κ3) is 5.03. The number of aliphatic hydroxyl groups excluding tert-OH is 1. The zero-order valence-corrected chi connectivity index (χ0v) is 14.7. The predicted molar refractivity (Wildman–Crippen MR) is 97.9 cm³/mol. The van der Waals surface area contributed by atoms with Gasteiger partial charge in [-0.05, 0) is 56.1 Å². The van der Waals surface area contributed by atoms with Crippen LogP contribution in [-0.2, 0) is 11.3 Å². The summed E-state index contributed by atoms with van der Waals surface area (Å²) in [4.78, 5) is 17.5. The van der Waals surface area contributed by atoms with Crippen LogP contribution in [0.1, 0.15) is 24.8 Å². The molecule has 6 heteroatoms. The van der Waals surface area contributed by atoms with Crippen LogP contribution in [0.5, 0.6) is 5.75 Å². The summed E-state index contributed by atoms with van der Waals surface area (Å²) in [6.07, 6.45) is 4.05. The van der Waals surface area contributed by atoms with Crippen molar-refractivity contribution in [2.75, 3.05) is 19.7 Å². The first kappa shape index (κ1) is 18.4. The molecule has 3 rings (SSSR count). The average molecular weight is 356 g/mol. The zero-order valence-electron chi connectivity index (χ0n) is 14.7. The smallest absolute Gasteiger partial charge is 0.341 e. The molecule has 0 aliphatic carbocycles. The Balaban J connectivity index is 1.84. The van der Waals surface area contributed by atoms with Crippen molar-refractivity contribution >= 4 is 5.97 Å². The van der Waals surface area contributed by atoms with Crippen LogP contribution in [0.25, 0.3) is 11.3 Å². The molecular weight excluding hydrogens is 332 g/mol. The lowest BCUT2D eigenvalue weighted by atomic mass is 10.1. The Hall–Kier alpha value is -2.44.